The molecular weight excluding hydrogens is 386 g/mol. The number of thioether (sulfide) groups is 1. The zero-order chi connectivity index (χ0) is 20.6. The zero-order valence-electron chi connectivity index (χ0n) is 16.7. The highest BCUT2D eigenvalue weighted by Crippen LogP contribution is 2.19. The van der Waals surface area contributed by atoms with Gasteiger partial charge in [-0.2, -0.15) is 0 Å². The highest BCUT2D eigenvalue weighted by molar-refractivity contribution is 7.99. The molecule has 7 heteroatoms. The summed E-state index contributed by atoms with van der Waals surface area (Å²) >= 11 is 1.68. The number of aromatic nitrogens is 1. The molecule has 2 aromatic rings. The van der Waals surface area contributed by atoms with Crippen LogP contribution in [0.2, 0.25) is 0 Å². The number of amides is 2. The van der Waals surface area contributed by atoms with Crippen molar-refractivity contribution in [3.63, 3.8) is 0 Å². The Morgan fingerprint density at radius 3 is 2.55 bits per heavy atom. The molecule has 1 fully saturated rings. The average molecular weight is 414 g/mol. The van der Waals surface area contributed by atoms with Crippen molar-refractivity contribution in [3.05, 3.63) is 64.6 Å². The van der Waals surface area contributed by atoms with Crippen LogP contribution in [0, 0.1) is 5.92 Å². The quantitative estimate of drug-likeness (QED) is 0.708. The molecule has 0 unspecified atom stereocenters. The van der Waals surface area contributed by atoms with Crippen LogP contribution >= 0.6 is 11.8 Å². The summed E-state index contributed by atoms with van der Waals surface area (Å²) in [6, 6.07) is 13.4. The minimum Gasteiger partial charge on any atom is -0.356 e. The van der Waals surface area contributed by atoms with Gasteiger partial charge in [0.15, 0.2) is 0 Å². The summed E-state index contributed by atoms with van der Waals surface area (Å²) in [6.45, 7) is 1.87. The van der Waals surface area contributed by atoms with Gasteiger partial charge in [0, 0.05) is 49.9 Å². The number of hydrogen-bond donors (Lipinski definition) is 1. The summed E-state index contributed by atoms with van der Waals surface area (Å²) in [5.41, 5.74) is -0.0436. The summed E-state index contributed by atoms with van der Waals surface area (Å²) < 4.78 is 1.42. The predicted molar refractivity (Wildman–Crippen MR) is 115 cm³/mol. The molecule has 1 aliphatic heterocycles. The maximum absolute atomic E-state index is 12.6. The Bertz CT molecular complexity index is 890. The second-order valence-corrected chi connectivity index (χ2v) is 8.46. The first-order chi connectivity index (χ1) is 14.0. The molecule has 2 amide bonds. The minimum atomic E-state index is -0.264. The molecule has 1 saturated heterocycles. The van der Waals surface area contributed by atoms with Crippen LogP contribution in [-0.2, 0) is 11.8 Å². The van der Waals surface area contributed by atoms with Gasteiger partial charge in [-0.05, 0) is 43.0 Å². The molecule has 6 nitrogen and oxygen atoms in total. The van der Waals surface area contributed by atoms with E-state index in [1.54, 1.807) is 42.0 Å². The number of nitrogens with zero attached hydrogens (tertiary/aromatic N) is 2. The molecule has 0 aliphatic carbocycles. The Balaban J connectivity index is 1.37. The van der Waals surface area contributed by atoms with E-state index in [1.807, 2.05) is 30.3 Å². The van der Waals surface area contributed by atoms with Crippen LogP contribution in [0.5, 0.6) is 0 Å². The average Bonchev–Trinajstić information content (AvgIpc) is 2.75. The van der Waals surface area contributed by atoms with Crippen LogP contribution in [0.25, 0.3) is 0 Å². The maximum Gasteiger partial charge on any atom is 0.263 e. The van der Waals surface area contributed by atoms with Crippen molar-refractivity contribution in [2.24, 2.45) is 13.0 Å². The molecule has 0 radical (unpaired) electrons. The van der Waals surface area contributed by atoms with Crippen molar-refractivity contribution in [1.29, 1.82) is 0 Å². The molecule has 1 aromatic carbocycles. The number of piperidine rings is 1. The van der Waals surface area contributed by atoms with Crippen LogP contribution < -0.4 is 10.9 Å². The third kappa shape index (κ3) is 5.97. The highest BCUT2D eigenvalue weighted by Gasteiger charge is 2.25. The molecule has 2 heterocycles. The van der Waals surface area contributed by atoms with E-state index in [0.29, 0.717) is 32.0 Å². The van der Waals surface area contributed by atoms with Crippen molar-refractivity contribution in [3.8, 4) is 0 Å². The maximum atomic E-state index is 12.6. The van der Waals surface area contributed by atoms with Crippen molar-refractivity contribution < 1.29 is 9.59 Å². The molecule has 1 N–H and O–H groups in total. The molecule has 154 valence electrons. The van der Waals surface area contributed by atoms with Crippen molar-refractivity contribution in [2.75, 3.05) is 25.4 Å². The number of pyridine rings is 1. The SMILES string of the molecule is Cn1cccc(C(=O)N2CCC(CNC(=O)CCSc3ccccc3)CC2)c1=O. The Hall–Kier alpha value is -2.54. The number of carbonyl (C=O) groups is 2. The largest absolute Gasteiger partial charge is 0.356 e. The molecule has 1 aromatic heterocycles. The van der Waals surface area contributed by atoms with Crippen LogP contribution in [-0.4, -0.2) is 46.7 Å². The van der Waals surface area contributed by atoms with Gasteiger partial charge in [-0.3, -0.25) is 14.4 Å². The number of carbonyl (C=O) groups excluding carboxylic acids is 2. The molecule has 0 saturated carbocycles. The topological polar surface area (TPSA) is 71.4 Å². The van der Waals surface area contributed by atoms with E-state index in [1.165, 1.54) is 9.46 Å². The third-order valence-corrected chi connectivity index (χ3v) is 6.20. The van der Waals surface area contributed by atoms with Gasteiger partial charge >= 0.3 is 0 Å². The highest BCUT2D eigenvalue weighted by atomic mass is 32.2. The van der Waals surface area contributed by atoms with Crippen LogP contribution in [0.1, 0.15) is 29.6 Å². The van der Waals surface area contributed by atoms with Gasteiger partial charge in [-0.25, -0.2) is 0 Å². The van der Waals surface area contributed by atoms with Crippen molar-refractivity contribution in [1.82, 2.24) is 14.8 Å². The van der Waals surface area contributed by atoms with Crippen LogP contribution in [0.3, 0.4) is 0 Å². The Morgan fingerprint density at radius 1 is 1.10 bits per heavy atom. The molecule has 29 heavy (non-hydrogen) atoms. The van der Waals surface area contributed by atoms with E-state index >= 15 is 0 Å². The Morgan fingerprint density at radius 2 is 1.83 bits per heavy atom. The first-order valence-electron chi connectivity index (χ1n) is 9.94. The van der Waals surface area contributed by atoms with Crippen molar-refractivity contribution >= 4 is 23.6 Å². The lowest BCUT2D eigenvalue weighted by Gasteiger charge is -2.32. The number of hydrogen-bond acceptors (Lipinski definition) is 4. The van der Waals surface area contributed by atoms with Gasteiger partial charge in [-0.1, -0.05) is 18.2 Å². The molecular formula is C22H27N3O3S. The number of nitrogens with one attached hydrogen (secondary N) is 1. The summed E-state index contributed by atoms with van der Waals surface area (Å²) in [5.74, 6) is 0.990. The van der Waals surface area contributed by atoms with Crippen molar-refractivity contribution in [2.45, 2.75) is 24.2 Å². The van der Waals surface area contributed by atoms with Gasteiger partial charge in [0.2, 0.25) is 5.91 Å². The summed E-state index contributed by atoms with van der Waals surface area (Å²) in [5, 5.41) is 3.02. The van der Waals surface area contributed by atoms with E-state index in [9.17, 15) is 14.4 Å². The zero-order valence-corrected chi connectivity index (χ0v) is 17.5. The summed E-state index contributed by atoms with van der Waals surface area (Å²) in [4.78, 5) is 39.7. The van der Waals surface area contributed by atoms with E-state index in [0.717, 1.165) is 18.6 Å². The van der Waals surface area contributed by atoms with Gasteiger partial charge in [-0.15, -0.1) is 11.8 Å². The lowest BCUT2D eigenvalue weighted by atomic mass is 9.96. The first-order valence-corrected chi connectivity index (χ1v) is 10.9. The number of aryl methyl sites for hydroxylation is 1. The van der Waals surface area contributed by atoms with Gasteiger partial charge in [0.25, 0.3) is 11.5 Å². The minimum absolute atomic E-state index is 0.0692. The predicted octanol–water partition coefficient (Wildman–Crippen LogP) is 2.54. The fourth-order valence-corrected chi connectivity index (χ4v) is 4.27. The van der Waals surface area contributed by atoms with E-state index < -0.39 is 0 Å². The fourth-order valence-electron chi connectivity index (χ4n) is 3.40. The Labute approximate surface area is 175 Å². The van der Waals surface area contributed by atoms with Gasteiger partial charge in [0.05, 0.1) is 0 Å². The number of likely N-dealkylation sites (tertiary alicyclic amines) is 1. The van der Waals surface area contributed by atoms with E-state index in [4.69, 9.17) is 0 Å². The lowest BCUT2D eigenvalue weighted by molar-refractivity contribution is -0.120. The normalized spacial score (nSPS) is 14.6. The summed E-state index contributed by atoms with van der Waals surface area (Å²) in [7, 11) is 1.65. The number of benzene rings is 1. The lowest BCUT2D eigenvalue weighted by Crippen LogP contribution is -2.43. The standard InChI is InChI=1S/C22H27N3O3S/c1-24-12-5-8-19(21(24)27)22(28)25-13-9-17(10-14-25)16-23-20(26)11-15-29-18-6-3-2-4-7-18/h2-8,12,17H,9-11,13-16H2,1H3,(H,23,26). The Kier molecular flexibility index (Phi) is 7.52. The van der Waals surface area contributed by atoms with E-state index in [-0.39, 0.29) is 22.9 Å². The molecule has 0 bridgehead atoms. The molecule has 0 spiro atoms. The second kappa shape index (κ2) is 10.3. The van der Waals surface area contributed by atoms with Crippen LogP contribution in [0.15, 0.2) is 58.4 Å². The molecule has 0 atom stereocenters. The first kappa shape index (κ1) is 21.2. The second-order valence-electron chi connectivity index (χ2n) is 7.29. The monoisotopic (exact) mass is 413 g/mol. The number of rotatable bonds is 7. The third-order valence-electron chi connectivity index (χ3n) is 5.18. The van der Waals surface area contributed by atoms with E-state index in [2.05, 4.69) is 5.32 Å². The molecule has 3 rings (SSSR count). The smallest absolute Gasteiger partial charge is 0.263 e. The fraction of sp³-hybridized carbons (Fsp3) is 0.409. The van der Waals surface area contributed by atoms with Crippen LogP contribution in [0.4, 0.5) is 0 Å². The van der Waals surface area contributed by atoms with Gasteiger partial charge in [0.1, 0.15) is 5.56 Å². The molecule has 1 aliphatic rings. The van der Waals surface area contributed by atoms with Gasteiger partial charge < -0.3 is 14.8 Å². The summed E-state index contributed by atoms with van der Waals surface area (Å²) in [6.07, 6.45) is 3.80.